The Hall–Kier alpha value is -0.310. The number of allylic oxidation sites excluding steroid dienone is 2. The SMILES string of the molecule is CCC(C)C1=C(OP(=O)(O)O)CC1. The van der Waals surface area contributed by atoms with Crippen LogP contribution in [-0.2, 0) is 9.09 Å². The highest BCUT2D eigenvalue weighted by Gasteiger charge is 2.28. The molecule has 1 aliphatic rings. The van der Waals surface area contributed by atoms with Crippen molar-refractivity contribution in [3.63, 3.8) is 0 Å². The lowest BCUT2D eigenvalue weighted by Gasteiger charge is -2.27. The van der Waals surface area contributed by atoms with Crippen molar-refractivity contribution in [2.75, 3.05) is 0 Å². The Kier molecular flexibility index (Phi) is 3.17. The van der Waals surface area contributed by atoms with Gasteiger partial charge in [-0.1, -0.05) is 13.8 Å². The molecule has 0 fully saturated rings. The zero-order valence-corrected chi connectivity index (χ0v) is 8.75. The van der Waals surface area contributed by atoms with Crippen molar-refractivity contribution in [2.24, 2.45) is 5.92 Å². The van der Waals surface area contributed by atoms with Crippen molar-refractivity contribution in [3.05, 3.63) is 11.3 Å². The van der Waals surface area contributed by atoms with Crippen LogP contribution < -0.4 is 0 Å². The van der Waals surface area contributed by atoms with Crippen molar-refractivity contribution < 1.29 is 18.9 Å². The van der Waals surface area contributed by atoms with E-state index in [0.29, 0.717) is 18.1 Å². The summed E-state index contributed by atoms with van der Waals surface area (Å²) in [5, 5.41) is 0. The molecule has 1 rings (SSSR count). The summed E-state index contributed by atoms with van der Waals surface area (Å²) in [7, 11) is -4.33. The Bertz CT molecular complexity index is 265. The molecule has 0 heterocycles. The minimum Gasteiger partial charge on any atom is -0.409 e. The molecular weight excluding hydrogens is 191 g/mol. The second-order valence-electron chi connectivity index (χ2n) is 3.34. The third kappa shape index (κ3) is 2.83. The van der Waals surface area contributed by atoms with Gasteiger partial charge in [-0.05, 0) is 24.3 Å². The molecule has 4 nitrogen and oxygen atoms in total. The van der Waals surface area contributed by atoms with Crippen LogP contribution in [0.15, 0.2) is 11.3 Å². The minimum atomic E-state index is -4.33. The lowest BCUT2D eigenvalue weighted by molar-refractivity contribution is 0.221. The molecule has 0 amide bonds. The summed E-state index contributed by atoms with van der Waals surface area (Å²) < 4.78 is 15.1. The lowest BCUT2D eigenvalue weighted by Crippen LogP contribution is -2.13. The van der Waals surface area contributed by atoms with Crippen LogP contribution in [0.2, 0.25) is 0 Å². The molecule has 0 spiro atoms. The minimum absolute atomic E-state index is 0.371. The largest absolute Gasteiger partial charge is 0.524 e. The van der Waals surface area contributed by atoms with Gasteiger partial charge in [0.25, 0.3) is 0 Å². The number of phosphoric ester groups is 1. The fraction of sp³-hybridized carbons (Fsp3) is 0.750. The quantitative estimate of drug-likeness (QED) is 0.692. The van der Waals surface area contributed by atoms with Gasteiger partial charge in [0.1, 0.15) is 5.76 Å². The summed E-state index contributed by atoms with van der Waals surface area (Å²) in [6.07, 6.45) is 2.54. The number of hydrogen-bond donors (Lipinski definition) is 2. The van der Waals surface area contributed by atoms with E-state index in [1.165, 1.54) is 0 Å². The van der Waals surface area contributed by atoms with E-state index in [4.69, 9.17) is 9.79 Å². The lowest BCUT2D eigenvalue weighted by atomic mass is 9.85. The maximum atomic E-state index is 10.5. The van der Waals surface area contributed by atoms with E-state index in [9.17, 15) is 4.57 Å². The van der Waals surface area contributed by atoms with E-state index < -0.39 is 7.82 Å². The number of rotatable bonds is 4. The first kappa shape index (κ1) is 10.8. The molecule has 0 aromatic rings. The van der Waals surface area contributed by atoms with Crippen molar-refractivity contribution in [2.45, 2.75) is 33.1 Å². The van der Waals surface area contributed by atoms with Gasteiger partial charge in [0.05, 0.1) is 0 Å². The van der Waals surface area contributed by atoms with Crippen molar-refractivity contribution in [1.29, 1.82) is 0 Å². The fourth-order valence-electron chi connectivity index (χ4n) is 1.39. The van der Waals surface area contributed by atoms with Gasteiger partial charge in [-0.3, -0.25) is 9.79 Å². The second kappa shape index (κ2) is 3.82. The van der Waals surface area contributed by atoms with Gasteiger partial charge in [-0.25, -0.2) is 4.57 Å². The van der Waals surface area contributed by atoms with Crippen molar-refractivity contribution in [1.82, 2.24) is 0 Å². The highest BCUT2D eigenvalue weighted by Crippen LogP contribution is 2.46. The van der Waals surface area contributed by atoms with Gasteiger partial charge < -0.3 is 4.52 Å². The van der Waals surface area contributed by atoms with Gasteiger partial charge in [-0.2, -0.15) is 0 Å². The van der Waals surface area contributed by atoms with E-state index in [-0.39, 0.29) is 0 Å². The molecule has 5 heteroatoms. The first-order valence-corrected chi connectivity index (χ1v) is 5.94. The molecule has 0 aromatic carbocycles. The number of phosphoric acid groups is 1. The van der Waals surface area contributed by atoms with Crippen LogP contribution in [0.4, 0.5) is 0 Å². The predicted octanol–water partition coefficient (Wildman–Crippen LogP) is 2.19. The molecule has 1 unspecified atom stereocenters. The highest BCUT2D eigenvalue weighted by molar-refractivity contribution is 7.46. The molecule has 0 bridgehead atoms. The molecule has 0 aliphatic heterocycles. The Morgan fingerprint density at radius 3 is 2.46 bits per heavy atom. The fourth-order valence-corrected chi connectivity index (χ4v) is 1.88. The first-order chi connectivity index (χ1) is 5.94. The van der Waals surface area contributed by atoms with Crippen molar-refractivity contribution in [3.8, 4) is 0 Å². The maximum absolute atomic E-state index is 10.5. The molecule has 76 valence electrons. The Morgan fingerprint density at radius 1 is 1.54 bits per heavy atom. The smallest absolute Gasteiger partial charge is 0.409 e. The first-order valence-electron chi connectivity index (χ1n) is 4.41. The Balaban J connectivity index is 2.66. The average Bonchev–Trinajstić information content (AvgIpc) is 1.96. The van der Waals surface area contributed by atoms with Crippen LogP contribution in [0.3, 0.4) is 0 Å². The highest BCUT2D eigenvalue weighted by atomic mass is 31.2. The number of hydrogen-bond acceptors (Lipinski definition) is 2. The normalized spacial score (nSPS) is 19.7. The Labute approximate surface area is 77.9 Å². The van der Waals surface area contributed by atoms with Crippen LogP contribution >= 0.6 is 7.82 Å². The molecule has 0 aromatic heterocycles. The van der Waals surface area contributed by atoms with Gasteiger partial charge in [0.2, 0.25) is 0 Å². The summed E-state index contributed by atoms with van der Waals surface area (Å²) in [4.78, 5) is 17.2. The van der Waals surface area contributed by atoms with E-state index in [0.717, 1.165) is 18.4 Å². The zero-order chi connectivity index (χ0) is 10.1. The van der Waals surface area contributed by atoms with E-state index in [1.807, 2.05) is 13.8 Å². The van der Waals surface area contributed by atoms with E-state index in [1.54, 1.807) is 0 Å². The van der Waals surface area contributed by atoms with Gasteiger partial charge >= 0.3 is 7.82 Å². The molecule has 0 saturated heterocycles. The van der Waals surface area contributed by atoms with Crippen LogP contribution in [0.5, 0.6) is 0 Å². The molecule has 13 heavy (non-hydrogen) atoms. The third-order valence-corrected chi connectivity index (χ3v) is 2.87. The standard InChI is InChI=1S/C8H15O4P/c1-3-6(2)7-4-5-8(7)12-13(9,10)11/h6H,3-5H2,1-2H3,(H2,9,10,11). The third-order valence-electron chi connectivity index (χ3n) is 2.42. The van der Waals surface area contributed by atoms with E-state index in [2.05, 4.69) is 4.52 Å². The molecule has 0 saturated carbocycles. The summed E-state index contributed by atoms with van der Waals surface area (Å²) in [6, 6.07) is 0. The van der Waals surface area contributed by atoms with Gasteiger partial charge in [-0.15, -0.1) is 0 Å². The second-order valence-corrected chi connectivity index (χ2v) is 4.50. The molecular formula is C8H15O4P. The summed E-state index contributed by atoms with van der Waals surface area (Å²) in [5.41, 5.74) is 1.06. The van der Waals surface area contributed by atoms with Crippen LogP contribution in [-0.4, -0.2) is 9.79 Å². The molecule has 1 atom stereocenters. The maximum Gasteiger partial charge on any atom is 0.524 e. The average molecular weight is 206 g/mol. The summed E-state index contributed by atoms with van der Waals surface area (Å²) in [5.74, 6) is 0.873. The van der Waals surface area contributed by atoms with Crippen LogP contribution in [0.1, 0.15) is 33.1 Å². The summed E-state index contributed by atoms with van der Waals surface area (Å²) >= 11 is 0. The molecule has 0 radical (unpaired) electrons. The molecule has 2 N–H and O–H groups in total. The van der Waals surface area contributed by atoms with Crippen LogP contribution in [0.25, 0.3) is 0 Å². The summed E-state index contributed by atoms with van der Waals surface area (Å²) in [6.45, 7) is 4.09. The molecule has 1 aliphatic carbocycles. The predicted molar refractivity (Wildman–Crippen MR) is 48.8 cm³/mol. The van der Waals surface area contributed by atoms with E-state index >= 15 is 0 Å². The monoisotopic (exact) mass is 206 g/mol. The van der Waals surface area contributed by atoms with Crippen molar-refractivity contribution >= 4 is 7.82 Å². The van der Waals surface area contributed by atoms with Gasteiger partial charge in [0, 0.05) is 6.42 Å². The van der Waals surface area contributed by atoms with Crippen LogP contribution in [0, 0.1) is 5.92 Å². The topological polar surface area (TPSA) is 66.8 Å². The van der Waals surface area contributed by atoms with Gasteiger partial charge in [0.15, 0.2) is 0 Å². The Morgan fingerprint density at radius 2 is 2.15 bits per heavy atom. The zero-order valence-electron chi connectivity index (χ0n) is 7.86.